The second kappa shape index (κ2) is 50.7. The number of rotatable bonds is 52. The van der Waals surface area contributed by atoms with Crippen LogP contribution in [-0.4, -0.2) is 300 Å². The number of nitrogens with one attached hydrogen (secondary N) is 15. The summed E-state index contributed by atoms with van der Waals surface area (Å²) in [4.78, 5) is 210. The fourth-order valence-corrected chi connectivity index (χ4v) is 11.9. The largest absolute Gasteiger partial charge is 0.508 e. The van der Waals surface area contributed by atoms with Crippen molar-refractivity contribution in [2.75, 3.05) is 57.7 Å². The number of hydrogen-bond acceptors (Lipinski definition) is 28. The number of carbonyl (C=O) groups excluding carboxylic acids is 15. The summed E-state index contributed by atoms with van der Waals surface area (Å²) < 4.78 is 0. The van der Waals surface area contributed by atoms with Crippen molar-refractivity contribution in [3.63, 3.8) is 0 Å². The van der Waals surface area contributed by atoms with Crippen LogP contribution < -0.4 is 91.6 Å². The van der Waals surface area contributed by atoms with E-state index in [2.05, 4.69) is 88.7 Å². The lowest BCUT2D eigenvalue weighted by Crippen LogP contribution is -2.63. The van der Waals surface area contributed by atoms with Gasteiger partial charge in [-0.2, -0.15) is 25.3 Å². The minimum atomic E-state index is -1.96. The first-order valence-electron chi connectivity index (χ1n) is 37.3. The van der Waals surface area contributed by atoms with Gasteiger partial charge in [0.15, 0.2) is 0 Å². The Kier molecular flexibility index (Phi) is 42.8. The van der Waals surface area contributed by atoms with Crippen LogP contribution in [0.25, 0.3) is 10.9 Å². The van der Waals surface area contributed by atoms with E-state index in [-0.39, 0.29) is 56.6 Å². The smallest absolute Gasteiger partial charge is 0.245 e. The van der Waals surface area contributed by atoms with Gasteiger partial charge in [0.05, 0.1) is 51.8 Å². The van der Waals surface area contributed by atoms with Gasteiger partial charge in [0.2, 0.25) is 88.6 Å². The Hall–Kier alpha value is -10.6. The van der Waals surface area contributed by atoms with Crippen LogP contribution in [0, 0.1) is 0 Å². The molecule has 117 heavy (non-hydrogen) atoms. The molecule has 646 valence electrons. The molecule has 42 nitrogen and oxygen atoms in total. The van der Waals surface area contributed by atoms with Gasteiger partial charge in [0.25, 0.3) is 0 Å². The van der Waals surface area contributed by atoms with Gasteiger partial charge in [-0.15, -0.1) is 0 Å². The van der Waals surface area contributed by atoms with Crippen molar-refractivity contribution in [1.29, 1.82) is 0 Å². The maximum absolute atomic E-state index is 15.0. The number of thiol groups is 2. The van der Waals surface area contributed by atoms with Crippen LogP contribution in [0.4, 0.5) is 0 Å². The molecule has 15 amide bonds. The Balaban J connectivity index is 1.60. The number of benzene rings is 3. The van der Waals surface area contributed by atoms with Crippen LogP contribution in [-0.2, 0) is 91.2 Å². The molecule has 4 rings (SSSR count). The summed E-state index contributed by atoms with van der Waals surface area (Å²) in [7, 11) is 0. The van der Waals surface area contributed by atoms with E-state index < -0.39 is 243 Å². The minimum Gasteiger partial charge on any atom is -0.508 e. The van der Waals surface area contributed by atoms with Crippen molar-refractivity contribution in [1.82, 2.24) is 79.4 Å². The first-order chi connectivity index (χ1) is 55.7. The Morgan fingerprint density at radius 3 is 1.13 bits per heavy atom. The van der Waals surface area contributed by atoms with Crippen LogP contribution >= 0.6 is 25.3 Å². The third-order valence-electron chi connectivity index (χ3n) is 18.1. The van der Waals surface area contributed by atoms with E-state index in [4.69, 9.17) is 22.3 Å². The summed E-state index contributed by atoms with van der Waals surface area (Å²) >= 11 is 8.43. The van der Waals surface area contributed by atoms with Gasteiger partial charge in [0.1, 0.15) is 96.4 Å². The van der Waals surface area contributed by atoms with Gasteiger partial charge in [0, 0.05) is 47.9 Å². The lowest BCUT2D eigenvalue weighted by atomic mass is 10.0. The number of nitrogens with two attached hydrogens (primary N) is 3. The Morgan fingerprint density at radius 2 is 0.718 bits per heavy atom. The molecule has 0 aliphatic rings. The fraction of sp³-hybridized carbons (Fsp3) is 0.521. The Morgan fingerprint density at radius 1 is 0.385 bits per heavy atom. The van der Waals surface area contributed by atoms with Crippen molar-refractivity contribution in [3.8, 4) is 5.75 Å². The molecule has 1 heterocycles. The highest BCUT2D eigenvalue weighted by molar-refractivity contribution is 7.80. The number of aliphatic hydroxyl groups is 8. The number of para-hydroxylation sites is 1. The molecule has 0 saturated carbocycles. The summed E-state index contributed by atoms with van der Waals surface area (Å²) in [5.41, 5.74) is 18.4. The quantitative estimate of drug-likeness (QED) is 0.0144. The molecule has 0 saturated heterocycles. The average Bonchev–Trinajstić information content (AvgIpc) is 1.71. The van der Waals surface area contributed by atoms with E-state index >= 15 is 4.79 Å². The topological polar surface area (TPSA) is 700 Å². The van der Waals surface area contributed by atoms with E-state index in [0.717, 1.165) is 6.92 Å². The number of amides is 15. The SMILES string of the molecule is CCCC[C@H](NC(=O)[C@@H](CO)NC(=O)[C@H](CO)NC(=O)[C@@H](CO)NC(=O)[C@H](CO)NC(=O)[C@H](N)CO)C(=O)N[C@H](Cc1ccc(O)cc1)C(=O)N[C@H](CO)C(=O)N[C@@H](CS)C(=O)N[C@@H](Cc1ccccc1)C(=O)N[C@H](Cc1c[nH]c2ccccc12)C(=O)N[C@@H](CCCCN)C(=O)N[C@H](C(=O)N[C@@H](CS)C(=O)N[C@H](C(N)=O)[C@@H](C)O)[C@@H](C)O. The zero-order valence-corrected chi connectivity index (χ0v) is 66.2. The standard InChI is InChI=1S/C73H108N18O24S2/c1-4-5-16-45(79-66(108)51(30-94)85-68(110)53(32-96)87-69(111)52(31-95)86-67(109)50(29-93)83-60(102)43(75)28-92)61(103)80-48(25-39-19-21-41(100)22-20-39)64(106)84-54(33-97)70(112)88-55(34-116)71(113)81-47(24-38-13-7-6-8-14-38)63(105)82-49(26-40-27-77-44-17-10-9-15-42(40)44)65(107)78-46(18-11-12-23-74)62(104)91-58(37(3)99)73(115)89-56(35-117)72(114)90-57(36(2)98)59(76)101/h6-10,13-15,17,19-22,27,36-37,43,45-58,77,92-100,116-117H,4-5,11-12,16,18,23-26,28-35,74-75H2,1-3H3,(H2,76,101)(H,78,107)(H,79,108)(H,80,103)(H,81,113)(H,82,105)(H,83,102)(H,84,106)(H,85,110)(H,86,109)(H,87,111)(H,88,112)(H,89,115)(H,90,114)(H,91,104)/t36-,37-,43-,45+,46+,47+,48-,49-,50+,51-,52-,53+,54-,55+,56+,57+,58+/m1/s1. The zero-order valence-electron chi connectivity index (χ0n) is 64.4. The van der Waals surface area contributed by atoms with Crippen LogP contribution in [0.3, 0.4) is 0 Å². The lowest BCUT2D eigenvalue weighted by molar-refractivity contribution is -0.137. The summed E-state index contributed by atoms with van der Waals surface area (Å²) in [6.07, 6.45) is -1.61. The van der Waals surface area contributed by atoms with Crippen molar-refractivity contribution in [2.45, 2.75) is 181 Å². The Bertz CT molecular complexity index is 3980. The number of hydrogen-bond donors (Lipinski definition) is 29. The highest BCUT2D eigenvalue weighted by atomic mass is 32.1. The van der Waals surface area contributed by atoms with Gasteiger partial charge >= 0.3 is 0 Å². The maximum Gasteiger partial charge on any atom is 0.245 e. The van der Waals surface area contributed by atoms with Crippen molar-refractivity contribution in [2.24, 2.45) is 17.2 Å². The fourth-order valence-electron chi connectivity index (χ4n) is 11.4. The van der Waals surface area contributed by atoms with Gasteiger partial charge in [-0.05, 0) is 81.0 Å². The second-order valence-corrected chi connectivity index (χ2v) is 27.9. The maximum atomic E-state index is 15.0. The molecule has 0 aliphatic heterocycles. The first kappa shape index (κ1) is 98.7. The summed E-state index contributed by atoms with van der Waals surface area (Å²) in [5, 5.41) is 124. The van der Waals surface area contributed by atoms with Gasteiger partial charge in [-0.25, -0.2) is 0 Å². The monoisotopic (exact) mass is 1680 g/mol. The van der Waals surface area contributed by atoms with E-state index in [9.17, 15) is 108 Å². The molecular formula is C73H108N18O24S2. The minimum absolute atomic E-state index is 0.132. The highest BCUT2D eigenvalue weighted by Gasteiger charge is 2.39. The number of primary amides is 1. The highest BCUT2D eigenvalue weighted by Crippen LogP contribution is 2.21. The third-order valence-corrected chi connectivity index (χ3v) is 18.8. The van der Waals surface area contributed by atoms with Gasteiger partial charge < -0.3 is 143 Å². The zero-order chi connectivity index (χ0) is 87.2. The summed E-state index contributed by atoms with van der Waals surface area (Å²) in [5.74, 6) is -18.0. The van der Waals surface area contributed by atoms with Crippen molar-refractivity contribution < 1.29 is 118 Å². The number of phenols is 1. The molecule has 0 bridgehead atoms. The molecule has 44 heteroatoms. The summed E-state index contributed by atoms with van der Waals surface area (Å²) in [6, 6.07) is -5.16. The van der Waals surface area contributed by atoms with Gasteiger partial charge in [-0.3, -0.25) is 71.9 Å². The molecule has 0 unspecified atom stereocenters. The van der Waals surface area contributed by atoms with E-state index in [0.29, 0.717) is 40.4 Å². The van der Waals surface area contributed by atoms with Gasteiger partial charge in [-0.1, -0.05) is 80.4 Å². The van der Waals surface area contributed by atoms with Crippen LogP contribution in [0.15, 0.2) is 85.1 Å². The molecule has 0 aliphatic carbocycles. The normalized spacial score (nSPS) is 15.6. The molecule has 0 spiro atoms. The number of carbonyl (C=O) groups is 15. The molecule has 0 radical (unpaired) electrons. The molecule has 3 aromatic carbocycles. The van der Waals surface area contributed by atoms with Crippen LogP contribution in [0.2, 0.25) is 0 Å². The van der Waals surface area contributed by atoms with Crippen molar-refractivity contribution >= 4 is 125 Å². The number of fused-ring (bicyclic) bond motifs is 1. The van der Waals surface area contributed by atoms with E-state index in [1.807, 2.05) is 16.0 Å². The number of aliphatic hydroxyl groups excluding tert-OH is 8. The molecule has 0 fully saturated rings. The number of phenolic OH excluding ortho intramolecular Hbond substituents is 1. The van der Waals surface area contributed by atoms with Crippen LogP contribution in [0.5, 0.6) is 5.75 Å². The predicted molar refractivity (Wildman–Crippen MR) is 424 cm³/mol. The molecule has 1 aromatic heterocycles. The number of aromatic hydroxyl groups is 1. The van der Waals surface area contributed by atoms with Crippen molar-refractivity contribution in [3.05, 3.63) is 102 Å². The lowest BCUT2D eigenvalue weighted by Gasteiger charge is -2.29. The Labute approximate surface area is 682 Å². The average molecular weight is 1690 g/mol. The number of aromatic amines is 1. The number of unbranched alkanes of at least 4 members (excludes halogenated alkanes) is 2. The molecule has 4 aromatic rings. The summed E-state index contributed by atoms with van der Waals surface area (Å²) in [6.45, 7) is -2.36. The first-order valence-corrected chi connectivity index (χ1v) is 38.5. The molecular weight excluding hydrogens is 1580 g/mol. The molecule has 30 N–H and O–H groups in total. The number of aromatic nitrogens is 1. The predicted octanol–water partition coefficient (Wildman–Crippen LogP) is -10.6. The van der Waals surface area contributed by atoms with E-state index in [1.54, 1.807) is 67.7 Å². The number of H-pyrrole nitrogens is 1. The van der Waals surface area contributed by atoms with E-state index in [1.165, 1.54) is 31.2 Å². The third kappa shape index (κ3) is 31.7. The second-order valence-electron chi connectivity index (χ2n) is 27.2. The molecule has 17 atom stereocenters. The van der Waals surface area contributed by atoms with Crippen LogP contribution in [0.1, 0.15) is 76.0 Å².